The summed E-state index contributed by atoms with van der Waals surface area (Å²) in [6.45, 7) is 0.172. The minimum Gasteiger partial charge on any atom is -0.493 e. The third kappa shape index (κ3) is 5.12. The highest BCUT2D eigenvalue weighted by Crippen LogP contribution is 2.27. The van der Waals surface area contributed by atoms with E-state index < -0.39 is 0 Å². The van der Waals surface area contributed by atoms with Crippen LogP contribution in [-0.2, 0) is 0 Å². The normalized spacial score (nSPS) is 10.5. The van der Waals surface area contributed by atoms with Crippen molar-refractivity contribution >= 4 is 29.1 Å². The van der Waals surface area contributed by atoms with Crippen molar-refractivity contribution in [3.05, 3.63) is 59.9 Å². The lowest BCUT2D eigenvalue weighted by atomic mass is 10.1. The second-order valence-electron chi connectivity index (χ2n) is 5.31. The Labute approximate surface area is 152 Å². The van der Waals surface area contributed by atoms with Crippen molar-refractivity contribution in [3.8, 4) is 11.5 Å². The van der Waals surface area contributed by atoms with E-state index in [-0.39, 0.29) is 12.3 Å². The number of hydrogen-bond donors (Lipinski definition) is 0. The second-order valence-corrected chi connectivity index (χ2v) is 5.73. The number of thiocarbonyl (C=S) groups is 1. The summed E-state index contributed by atoms with van der Waals surface area (Å²) < 4.78 is 10.4. The SMILES string of the molecule is COc1ccc(C(=O)CN(C)C(=S)/C=C/c2cccnc2)cc1OC. The van der Waals surface area contributed by atoms with E-state index in [9.17, 15) is 4.79 Å². The molecule has 0 aliphatic rings. The first kappa shape index (κ1) is 18.6. The number of benzene rings is 1. The predicted octanol–water partition coefficient (Wildman–Crippen LogP) is 3.25. The Bertz CT molecular complexity index is 775. The van der Waals surface area contributed by atoms with Gasteiger partial charge >= 0.3 is 0 Å². The molecule has 0 fully saturated rings. The Kier molecular flexibility index (Phi) is 6.65. The summed E-state index contributed by atoms with van der Waals surface area (Å²) in [4.78, 5) is 18.8. The second kappa shape index (κ2) is 8.94. The summed E-state index contributed by atoms with van der Waals surface area (Å²) in [7, 11) is 4.88. The van der Waals surface area contributed by atoms with E-state index in [0.29, 0.717) is 22.1 Å². The minimum absolute atomic E-state index is 0.0550. The number of likely N-dealkylation sites (N-methyl/N-ethyl adjacent to an activating group) is 1. The van der Waals surface area contributed by atoms with Gasteiger partial charge in [-0.3, -0.25) is 9.78 Å². The molecule has 0 saturated heterocycles. The Hall–Kier alpha value is -2.73. The largest absolute Gasteiger partial charge is 0.493 e. The zero-order valence-electron chi connectivity index (χ0n) is 14.4. The van der Waals surface area contributed by atoms with Crippen LogP contribution in [0, 0.1) is 0 Å². The smallest absolute Gasteiger partial charge is 0.182 e. The maximum Gasteiger partial charge on any atom is 0.182 e. The number of Topliss-reactive ketones (excluding diaryl/α,β-unsaturated/α-hetero) is 1. The number of nitrogens with zero attached hydrogens (tertiary/aromatic N) is 2. The molecule has 0 N–H and O–H groups in total. The summed E-state index contributed by atoms with van der Waals surface area (Å²) in [5.41, 5.74) is 1.49. The van der Waals surface area contributed by atoms with Crippen LogP contribution in [0.3, 0.4) is 0 Å². The van der Waals surface area contributed by atoms with Crippen LogP contribution in [0.1, 0.15) is 15.9 Å². The molecule has 1 heterocycles. The van der Waals surface area contributed by atoms with Crippen LogP contribution < -0.4 is 9.47 Å². The minimum atomic E-state index is -0.0550. The number of methoxy groups -OCH3 is 2. The number of ketones is 1. The third-order valence-corrected chi connectivity index (χ3v) is 4.01. The Morgan fingerprint density at radius 3 is 2.64 bits per heavy atom. The molecular formula is C19H20N2O3S. The van der Waals surface area contributed by atoms with Gasteiger partial charge in [0.25, 0.3) is 0 Å². The molecule has 1 aromatic heterocycles. The quantitative estimate of drug-likeness (QED) is 0.431. The van der Waals surface area contributed by atoms with Gasteiger partial charge in [0, 0.05) is 25.0 Å². The van der Waals surface area contributed by atoms with Gasteiger partial charge in [0.05, 0.1) is 20.8 Å². The van der Waals surface area contributed by atoms with E-state index in [1.54, 1.807) is 55.7 Å². The zero-order chi connectivity index (χ0) is 18.2. The van der Waals surface area contributed by atoms with Crippen LogP contribution in [0.4, 0.5) is 0 Å². The highest BCUT2D eigenvalue weighted by atomic mass is 32.1. The molecular weight excluding hydrogens is 336 g/mol. The molecule has 0 unspecified atom stereocenters. The molecule has 1 aromatic carbocycles. The molecule has 0 bridgehead atoms. The zero-order valence-corrected chi connectivity index (χ0v) is 15.2. The van der Waals surface area contributed by atoms with Gasteiger partial charge < -0.3 is 14.4 Å². The molecule has 2 aromatic rings. The maximum atomic E-state index is 12.5. The van der Waals surface area contributed by atoms with Gasteiger partial charge in [0.2, 0.25) is 0 Å². The molecule has 130 valence electrons. The van der Waals surface area contributed by atoms with Crippen molar-refractivity contribution in [1.82, 2.24) is 9.88 Å². The Morgan fingerprint density at radius 1 is 1.24 bits per heavy atom. The standard InChI is InChI=1S/C19H20N2O3S/c1-21(19(25)9-6-14-5-4-10-20-12-14)13-16(22)15-7-8-17(23-2)18(11-15)24-3/h4-12H,13H2,1-3H3/b9-6+. The number of carbonyl (C=O) groups excluding carboxylic acids is 1. The fraction of sp³-hybridized carbons (Fsp3) is 0.211. The van der Waals surface area contributed by atoms with Gasteiger partial charge in [-0.05, 0) is 35.9 Å². The van der Waals surface area contributed by atoms with Crippen molar-refractivity contribution in [2.45, 2.75) is 0 Å². The van der Waals surface area contributed by atoms with E-state index in [1.807, 2.05) is 18.2 Å². The molecule has 0 spiro atoms. The lowest BCUT2D eigenvalue weighted by Crippen LogP contribution is -2.29. The van der Waals surface area contributed by atoms with Crippen LogP contribution in [-0.4, -0.2) is 48.5 Å². The molecule has 0 aliphatic heterocycles. The summed E-state index contributed by atoms with van der Waals surface area (Å²) in [5, 5.41) is 0. The topological polar surface area (TPSA) is 51.7 Å². The number of rotatable bonds is 7. The number of carbonyl (C=O) groups is 1. The molecule has 0 aliphatic carbocycles. The monoisotopic (exact) mass is 356 g/mol. The highest BCUT2D eigenvalue weighted by Gasteiger charge is 2.13. The van der Waals surface area contributed by atoms with E-state index in [4.69, 9.17) is 21.7 Å². The van der Waals surface area contributed by atoms with Gasteiger partial charge in [0.1, 0.15) is 4.99 Å². The first-order valence-corrected chi connectivity index (χ1v) is 8.04. The average Bonchev–Trinajstić information content (AvgIpc) is 2.66. The van der Waals surface area contributed by atoms with Crippen molar-refractivity contribution in [2.75, 3.05) is 27.8 Å². The molecule has 0 saturated carbocycles. The fourth-order valence-corrected chi connectivity index (χ4v) is 2.30. The Balaban J connectivity index is 2.02. The average molecular weight is 356 g/mol. The van der Waals surface area contributed by atoms with Crippen LogP contribution in [0.2, 0.25) is 0 Å². The molecule has 0 amide bonds. The Morgan fingerprint density at radius 2 is 2.00 bits per heavy atom. The van der Waals surface area contributed by atoms with Gasteiger partial charge in [-0.1, -0.05) is 24.4 Å². The molecule has 5 nitrogen and oxygen atoms in total. The fourth-order valence-electron chi connectivity index (χ4n) is 2.16. The molecule has 0 radical (unpaired) electrons. The van der Waals surface area contributed by atoms with Crippen LogP contribution in [0.25, 0.3) is 6.08 Å². The lowest BCUT2D eigenvalue weighted by molar-refractivity contribution is 0.0971. The molecule has 25 heavy (non-hydrogen) atoms. The van der Waals surface area contributed by atoms with Crippen molar-refractivity contribution in [2.24, 2.45) is 0 Å². The van der Waals surface area contributed by atoms with Gasteiger partial charge in [-0.2, -0.15) is 0 Å². The highest BCUT2D eigenvalue weighted by molar-refractivity contribution is 7.80. The summed E-state index contributed by atoms with van der Waals surface area (Å²) >= 11 is 5.35. The van der Waals surface area contributed by atoms with Crippen LogP contribution in [0.15, 0.2) is 48.8 Å². The summed E-state index contributed by atoms with van der Waals surface area (Å²) in [6.07, 6.45) is 7.11. The van der Waals surface area contributed by atoms with E-state index in [1.165, 1.54) is 7.11 Å². The third-order valence-electron chi connectivity index (χ3n) is 3.57. The number of hydrogen-bond acceptors (Lipinski definition) is 5. The van der Waals surface area contributed by atoms with Gasteiger partial charge in [0.15, 0.2) is 17.3 Å². The first-order valence-electron chi connectivity index (χ1n) is 7.63. The number of ether oxygens (including phenoxy) is 2. The maximum absolute atomic E-state index is 12.5. The van der Waals surface area contributed by atoms with E-state index in [0.717, 1.165) is 5.56 Å². The number of pyridine rings is 1. The number of aromatic nitrogens is 1. The molecule has 6 heteroatoms. The van der Waals surface area contributed by atoms with E-state index >= 15 is 0 Å². The molecule has 2 rings (SSSR count). The van der Waals surface area contributed by atoms with Crippen molar-refractivity contribution in [1.29, 1.82) is 0 Å². The summed E-state index contributed by atoms with van der Waals surface area (Å²) in [5.74, 6) is 1.05. The first-order chi connectivity index (χ1) is 12.0. The summed E-state index contributed by atoms with van der Waals surface area (Å²) in [6, 6.07) is 8.89. The van der Waals surface area contributed by atoms with Crippen molar-refractivity contribution < 1.29 is 14.3 Å². The van der Waals surface area contributed by atoms with Crippen LogP contribution in [0.5, 0.6) is 11.5 Å². The van der Waals surface area contributed by atoms with Crippen molar-refractivity contribution in [3.63, 3.8) is 0 Å². The van der Waals surface area contributed by atoms with Gasteiger partial charge in [-0.15, -0.1) is 0 Å². The van der Waals surface area contributed by atoms with Gasteiger partial charge in [-0.25, -0.2) is 0 Å². The van der Waals surface area contributed by atoms with Crippen LogP contribution >= 0.6 is 12.2 Å². The lowest BCUT2D eigenvalue weighted by Gasteiger charge is -2.17. The van der Waals surface area contributed by atoms with E-state index in [2.05, 4.69) is 4.98 Å². The molecule has 0 atom stereocenters. The predicted molar refractivity (Wildman–Crippen MR) is 102 cm³/mol.